The summed E-state index contributed by atoms with van der Waals surface area (Å²) < 4.78 is 10.5. The number of methoxy groups -OCH3 is 1. The number of hydrogen-bond donors (Lipinski definition) is 0. The molecule has 0 fully saturated rings. The van der Waals surface area contributed by atoms with Crippen molar-refractivity contribution in [3.63, 3.8) is 0 Å². The number of benzene rings is 1. The van der Waals surface area contributed by atoms with Crippen LogP contribution in [0.5, 0.6) is 5.75 Å². The van der Waals surface area contributed by atoms with Crippen molar-refractivity contribution in [3.8, 4) is 5.75 Å². The van der Waals surface area contributed by atoms with Crippen molar-refractivity contribution in [1.29, 1.82) is 0 Å². The summed E-state index contributed by atoms with van der Waals surface area (Å²) in [5.74, 6) is 0.886. The summed E-state index contributed by atoms with van der Waals surface area (Å²) in [6.07, 6.45) is 6.42. The van der Waals surface area contributed by atoms with Crippen molar-refractivity contribution in [2.24, 2.45) is 0 Å². The van der Waals surface area contributed by atoms with Crippen LogP contribution in [0.2, 0.25) is 0 Å². The maximum atomic E-state index is 5.43. The minimum absolute atomic E-state index is 0.687. The smallest absolute Gasteiger partial charge is 0.118 e. The molecule has 0 bridgehead atoms. The second-order valence-corrected chi connectivity index (χ2v) is 3.60. The topological polar surface area (TPSA) is 18.5 Å². The van der Waals surface area contributed by atoms with Gasteiger partial charge in [-0.1, -0.05) is 37.6 Å². The molecule has 0 amide bonds. The lowest BCUT2D eigenvalue weighted by Gasteiger charge is -2.00. The first-order chi connectivity index (χ1) is 7.86. The van der Waals surface area contributed by atoms with E-state index >= 15 is 0 Å². The minimum Gasteiger partial charge on any atom is -0.497 e. The Morgan fingerprint density at radius 2 is 1.94 bits per heavy atom. The Balaban J connectivity index is 2.27. The number of ether oxygens (including phenoxy) is 2. The Kier molecular flexibility index (Phi) is 6.35. The first-order valence-corrected chi connectivity index (χ1v) is 5.75. The Bertz CT molecular complexity index is 301. The zero-order valence-corrected chi connectivity index (χ0v) is 10.1. The molecule has 16 heavy (non-hydrogen) atoms. The van der Waals surface area contributed by atoms with Crippen molar-refractivity contribution in [1.82, 2.24) is 0 Å². The van der Waals surface area contributed by atoms with E-state index in [0.29, 0.717) is 6.61 Å². The van der Waals surface area contributed by atoms with Gasteiger partial charge in [0.1, 0.15) is 5.75 Å². The van der Waals surface area contributed by atoms with Crippen LogP contribution in [0.1, 0.15) is 25.3 Å². The van der Waals surface area contributed by atoms with E-state index in [1.165, 1.54) is 12.0 Å². The summed E-state index contributed by atoms with van der Waals surface area (Å²) in [7, 11) is 1.67. The van der Waals surface area contributed by atoms with E-state index in [2.05, 4.69) is 13.0 Å². The standard InChI is InChI=1S/C14H20O2/c1-3-4-11-16-12-5-6-13-7-9-14(15-2)10-8-13/h5-10H,3-4,11-12H2,1-2H3. The first-order valence-electron chi connectivity index (χ1n) is 5.75. The largest absolute Gasteiger partial charge is 0.497 e. The zero-order chi connectivity index (χ0) is 11.6. The summed E-state index contributed by atoms with van der Waals surface area (Å²) in [5, 5.41) is 0. The second-order valence-electron chi connectivity index (χ2n) is 3.60. The van der Waals surface area contributed by atoms with Crippen molar-refractivity contribution in [2.75, 3.05) is 20.3 Å². The maximum absolute atomic E-state index is 5.43. The Hall–Kier alpha value is -1.28. The van der Waals surface area contributed by atoms with Crippen LogP contribution >= 0.6 is 0 Å². The van der Waals surface area contributed by atoms with E-state index in [1.807, 2.05) is 30.3 Å². The first kappa shape index (κ1) is 12.8. The molecule has 0 aliphatic rings. The fourth-order valence-corrected chi connectivity index (χ4v) is 1.30. The molecule has 1 aromatic carbocycles. The maximum Gasteiger partial charge on any atom is 0.118 e. The van der Waals surface area contributed by atoms with E-state index in [-0.39, 0.29) is 0 Å². The van der Waals surface area contributed by atoms with Gasteiger partial charge in [0.25, 0.3) is 0 Å². The predicted molar refractivity (Wildman–Crippen MR) is 67.8 cm³/mol. The van der Waals surface area contributed by atoms with Gasteiger partial charge in [0.2, 0.25) is 0 Å². The van der Waals surface area contributed by atoms with Gasteiger partial charge in [0.05, 0.1) is 13.7 Å². The highest BCUT2D eigenvalue weighted by Crippen LogP contribution is 2.12. The Morgan fingerprint density at radius 3 is 2.56 bits per heavy atom. The van der Waals surface area contributed by atoms with E-state index in [0.717, 1.165) is 18.8 Å². The molecule has 0 atom stereocenters. The Morgan fingerprint density at radius 1 is 1.19 bits per heavy atom. The van der Waals surface area contributed by atoms with Gasteiger partial charge in [0.15, 0.2) is 0 Å². The average Bonchev–Trinajstić information content (AvgIpc) is 2.34. The molecule has 0 N–H and O–H groups in total. The molecule has 1 rings (SSSR count). The van der Waals surface area contributed by atoms with Crippen LogP contribution in [0.4, 0.5) is 0 Å². The Labute approximate surface area is 97.9 Å². The fourth-order valence-electron chi connectivity index (χ4n) is 1.30. The minimum atomic E-state index is 0.687. The highest BCUT2D eigenvalue weighted by molar-refractivity contribution is 5.50. The summed E-state index contributed by atoms with van der Waals surface area (Å²) in [6, 6.07) is 7.97. The monoisotopic (exact) mass is 220 g/mol. The molecular formula is C14H20O2. The summed E-state index contributed by atoms with van der Waals surface area (Å²) in [4.78, 5) is 0. The van der Waals surface area contributed by atoms with Crippen LogP contribution in [0, 0.1) is 0 Å². The van der Waals surface area contributed by atoms with Crippen LogP contribution in [-0.4, -0.2) is 20.3 Å². The summed E-state index contributed by atoms with van der Waals surface area (Å²) in [5.41, 5.74) is 1.17. The van der Waals surface area contributed by atoms with Crippen molar-refractivity contribution in [3.05, 3.63) is 35.9 Å². The highest BCUT2D eigenvalue weighted by atomic mass is 16.5. The highest BCUT2D eigenvalue weighted by Gasteiger charge is 1.89. The van der Waals surface area contributed by atoms with Crippen LogP contribution in [0.15, 0.2) is 30.3 Å². The molecular weight excluding hydrogens is 200 g/mol. The molecule has 0 saturated carbocycles. The molecule has 0 aliphatic heterocycles. The van der Waals surface area contributed by atoms with Crippen molar-refractivity contribution in [2.45, 2.75) is 19.8 Å². The lowest BCUT2D eigenvalue weighted by atomic mass is 10.2. The van der Waals surface area contributed by atoms with Gasteiger partial charge in [-0.25, -0.2) is 0 Å². The van der Waals surface area contributed by atoms with E-state index in [9.17, 15) is 0 Å². The van der Waals surface area contributed by atoms with Gasteiger partial charge in [-0.3, -0.25) is 0 Å². The van der Waals surface area contributed by atoms with E-state index in [1.54, 1.807) is 7.11 Å². The molecule has 0 aromatic heterocycles. The molecule has 2 heteroatoms. The number of unbranched alkanes of at least 4 members (excludes halogenated alkanes) is 1. The second kappa shape index (κ2) is 7.94. The van der Waals surface area contributed by atoms with Gasteiger partial charge in [-0.15, -0.1) is 0 Å². The van der Waals surface area contributed by atoms with Crippen molar-refractivity contribution >= 4 is 6.08 Å². The number of rotatable bonds is 7. The van der Waals surface area contributed by atoms with Gasteiger partial charge in [-0.05, 0) is 24.1 Å². The molecule has 0 saturated heterocycles. The van der Waals surface area contributed by atoms with Crippen LogP contribution in [-0.2, 0) is 4.74 Å². The van der Waals surface area contributed by atoms with Gasteiger partial charge in [-0.2, -0.15) is 0 Å². The van der Waals surface area contributed by atoms with Gasteiger partial charge >= 0.3 is 0 Å². The molecule has 0 spiro atoms. The van der Waals surface area contributed by atoms with Crippen LogP contribution < -0.4 is 4.74 Å². The number of hydrogen-bond acceptors (Lipinski definition) is 2. The van der Waals surface area contributed by atoms with Crippen LogP contribution in [0.25, 0.3) is 6.08 Å². The quantitative estimate of drug-likeness (QED) is 0.654. The lowest BCUT2D eigenvalue weighted by molar-refractivity contribution is 0.159. The molecule has 2 nitrogen and oxygen atoms in total. The molecule has 88 valence electrons. The van der Waals surface area contributed by atoms with Gasteiger partial charge < -0.3 is 9.47 Å². The molecule has 0 radical (unpaired) electrons. The molecule has 0 unspecified atom stereocenters. The third kappa shape index (κ3) is 4.99. The average molecular weight is 220 g/mol. The fraction of sp³-hybridized carbons (Fsp3) is 0.429. The molecule has 0 heterocycles. The summed E-state index contributed by atoms with van der Waals surface area (Å²) >= 11 is 0. The zero-order valence-electron chi connectivity index (χ0n) is 10.1. The lowest BCUT2D eigenvalue weighted by Crippen LogP contribution is -1.92. The van der Waals surface area contributed by atoms with Crippen molar-refractivity contribution < 1.29 is 9.47 Å². The normalized spacial score (nSPS) is 10.9. The van der Waals surface area contributed by atoms with Gasteiger partial charge in [0, 0.05) is 6.61 Å². The predicted octanol–water partition coefficient (Wildman–Crippen LogP) is 3.53. The molecule has 1 aromatic rings. The summed E-state index contributed by atoms with van der Waals surface area (Å²) in [6.45, 7) is 3.70. The van der Waals surface area contributed by atoms with E-state index < -0.39 is 0 Å². The van der Waals surface area contributed by atoms with Crippen LogP contribution in [0.3, 0.4) is 0 Å². The van der Waals surface area contributed by atoms with E-state index in [4.69, 9.17) is 9.47 Å². The SMILES string of the molecule is CCCCOCC=Cc1ccc(OC)cc1. The third-order valence-corrected chi connectivity index (χ3v) is 2.28. The molecule has 0 aliphatic carbocycles. The third-order valence-electron chi connectivity index (χ3n) is 2.28.